The van der Waals surface area contributed by atoms with E-state index in [1.807, 2.05) is 36.4 Å². The lowest BCUT2D eigenvalue weighted by Crippen LogP contribution is -2.09. The summed E-state index contributed by atoms with van der Waals surface area (Å²) >= 11 is 0. The quantitative estimate of drug-likeness (QED) is 0.805. The van der Waals surface area contributed by atoms with Gasteiger partial charge < -0.3 is 11.5 Å². The highest BCUT2D eigenvalue weighted by atomic mass is 16.1. The third-order valence-corrected chi connectivity index (χ3v) is 2.89. The summed E-state index contributed by atoms with van der Waals surface area (Å²) in [5, 5.41) is 0. The number of carbonyl (C=O) groups is 1. The first kappa shape index (κ1) is 12.2. The fraction of sp³-hybridized carbons (Fsp3) is 0.133. The summed E-state index contributed by atoms with van der Waals surface area (Å²) in [4.78, 5) is 12.0. The Morgan fingerprint density at radius 3 is 1.56 bits per heavy atom. The van der Waals surface area contributed by atoms with Crippen LogP contribution in [-0.4, -0.2) is 5.78 Å². The van der Waals surface area contributed by atoms with Gasteiger partial charge in [-0.25, -0.2) is 0 Å². The van der Waals surface area contributed by atoms with Gasteiger partial charge in [0.25, 0.3) is 0 Å². The minimum atomic E-state index is 0.116. The van der Waals surface area contributed by atoms with E-state index in [9.17, 15) is 4.79 Å². The molecule has 0 saturated heterocycles. The Morgan fingerprint density at radius 2 is 1.17 bits per heavy atom. The van der Waals surface area contributed by atoms with Crippen molar-refractivity contribution in [2.75, 3.05) is 11.5 Å². The summed E-state index contributed by atoms with van der Waals surface area (Å²) in [6.45, 7) is 0. The van der Waals surface area contributed by atoms with Gasteiger partial charge in [0.15, 0.2) is 0 Å². The molecule has 2 aromatic carbocycles. The van der Waals surface area contributed by atoms with Crippen LogP contribution in [0.25, 0.3) is 0 Å². The van der Waals surface area contributed by atoms with Crippen LogP contribution in [0.3, 0.4) is 0 Å². The lowest BCUT2D eigenvalue weighted by molar-refractivity contribution is -0.117. The maximum Gasteiger partial charge on any atom is 0.141 e. The molecule has 3 nitrogen and oxygen atoms in total. The first-order chi connectivity index (χ1) is 8.66. The Hall–Kier alpha value is -2.29. The monoisotopic (exact) mass is 240 g/mol. The number of para-hydroxylation sites is 2. The largest absolute Gasteiger partial charge is 0.398 e. The molecule has 0 saturated carbocycles. The van der Waals surface area contributed by atoms with Crippen LogP contribution in [0.15, 0.2) is 48.5 Å². The normalized spacial score (nSPS) is 10.2. The van der Waals surface area contributed by atoms with Gasteiger partial charge in [-0.15, -0.1) is 0 Å². The van der Waals surface area contributed by atoms with Crippen molar-refractivity contribution in [1.29, 1.82) is 0 Å². The molecular weight excluding hydrogens is 224 g/mol. The van der Waals surface area contributed by atoms with E-state index in [1.165, 1.54) is 0 Å². The van der Waals surface area contributed by atoms with Crippen molar-refractivity contribution in [3.05, 3.63) is 59.7 Å². The van der Waals surface area contributed by atoms with Gasteiger partial charge in [-0.1, -0.05) is 36.4 Å². The zero-order valence-electron chi connectivity index (χ0n) is 10.1. The molecular formula is C15H16N2O. The summed E-state index contributed by atoms with van der Waals surface area (Å²) in [6, 6.07) is 14.9. The van der Waals surface area contributed by atoms with E-state index >= 15 is 0 Å². The smallest absolute Gasteiger partial charge is 0.141 e. The number of nitrogen functional groups attached to an aromatic ring is 2. The molecule has 0 radical (unpaired) electrons. The van der Waals surface area contributed by atoms with E-state index in [0.29, 0.717) is 24.2 Å². The van der Waals surface area contributed by atoms with Crippen molar-refractivity contribution in [3.63, 3.8) is 0 Å². The zero-order chi connectivity index (χ0) is 13.0. The SMILES string of the molecule is Nc1ccccc1CC(=O)Cc1ccccc1N. The molecule has 18 heavy (non-hydrogen) atoms. The maximum atomic E-state index is 12.0. The van der Waals surface area contributed by atoms with Crippen molar-refractivity contribution in [2.45, 2.75) is 12.8 Å². The van der Waals surface area contributed by atoms with Gasteiger partial charge in [-0.3, -0.25) is 4.79 Å². The van der Waals surface area contributed by atoms with Crippen molar-refractivity contribution < 1.29 is 4.79 Å². The van der Waals surface area contributed by atoms with Crippen LogP contribution in [0.2, 0.25) is 0 Å². The minimum absolute atomic E-state index is 0.116. The Labute approximate surface area is 106 Å². The Balaban J connectivity index is 2.06. The third-order valence-electron chi connectivity index (χ3n) is 2.89. The predicted octanol–water partition coefficient (Wildman–Crippen LogP) is 2.21. The molecule has 0 unspecified atom stereocenters. The van der Waals surface area contributed by atoms with Crippen molar-refractivity contribution >= 4 is 17.2 Å². The number of benzene rings is 2. The highest BCUT2D eigenvalue weighted by molar-refractivity contribution is 5.85. The van der Waals surface area contributed by atoms with Gasteiger partial charge in [0.2, 0.25) is 0 Å². The Kier molecular flexibility index (Phi) is 3.63. The van der Waals surface area contributed by atoms with E-state index in [0.717, 1.165) is 11.1 Å². The second-order valence-corrected chi connectivity index (χ2v) is 4.29. The number of hydrogen-bond acceptors (Lipinski definition) is 3. The molecule has 0 aromatic heterocycles. The molecule has 0 spiro atoms. The molecule has 2 rings (SSSR count). The van der Waals surface area contributed by atoms with Crippen molar-refractivity contribution in [1.82, 2.24) is 0 Å². The predicted molar refractivity (Wildman–Crippen MR) is 74.1 cm³/mol. The molecule has 0 fully saturated rings. The number of carbonyl (C=O) groups excluding carboxylic acids is 1. The standard InChI is InChI=1S/C15H16N2O/c16-14-7-3-1-5-11(14)9-13(18)10-12-6-2-4-8-15(12)17/h1-8H,9-10,16-17H2. The zero-order valence-corrected chi connectivity index (χ0v) is 10.1. The summed E-state index contributed by atoms with van der Waals surface area (Å²) in [5.74, 6) is 0.116. The van der Waals surface area contributed by atoms with E-state index in [4.69, 9.17) is 11.5 Å². The Morgan fingerprint density at radius 1 is 0.778 bits per heavy atom. The van der Waals surface area contributed by atoms with Gasteiger partial charge in [0.05, 0.1) is 0 Å². The molecule has 3 heteroatoms. The molecule has 0 amide bonds. The van der Waals surface area contributed by atoms with Gasteiger partial charge >= 0.3 is 0 Å². The molecule has 0 aliphatic rings. The lowest BCUT2D eigenvalue weighted by atomic mass is 10.0. The van der Waals surface area contributed by atoms with Gasteiger partial charge in [0.1, 0.15) is 5.78 Å². The van der Waals surface area contributed by atoms with E-state index in [1.54, 1.807) is 12.1 Å². The van der Waals surface area contributed by atoms with Crippen LogP contribution in [0.4, 0.5) is 11.4 Å². The minimum Gasteiger partial charge on any atom is -0.398 e. The number of Topliss-reactive ketones (excluding diaryl/α,β-unsaturated/α-hetero) is 1. The Bertz CT molecular complexity index is 514. The average Bonchev–Trinajstić information content (AvgIpc) is 2.35. The van der Waals surface area contributed by atoms with Crippen LogP contribution in [-0.2, 0) is 17.6 Å². The first-order valence-electron chi connectivity index (χ1n) is 5.85. The van der Waals surface area contributed by atoms with Crippen molar-refractivity contribution in [3.8, 4) is 0 Å². The molecule has 0 atom stereocenters. The second-order valence-electron chi connectivity index (χ2n) is 4.29. The van der Waals surface area contributed by atoms with E-state index in [2.05, 4.69) is 0 Å². The van der Waals surface area contributed by atoms with Crippen LogP contribution in [0.5, 0.6) is 0 Å². The van der Waals surface area contributed by atoms with Crippen LogP contribution >= 0.6 is 0 Å². The summed E-state index contributed by atoms with van der Waals surface area (Å²) < 4.78 is 0. The molecule has 0 aliphatic heterocycles. The summed E-state index contributed by atoms with van der Waals surface area (Å²) in [6.07, 6.45) is 0.696. The molecule has 0 heterocycles. The van der Waals surface area contributed by atoms with Crippen LogP contribution < -0.4 is 11.5 Å². The summed E-state index contributed by atoms with van der Waals surface area (Å²) in [5.41, 5.74) is 14.7. The topological polar surface area (TPSA) is 69.1 Å². The number of anilines is 2. The summed E-state index contributed by atoms with van der Waals surface area (Å²) in [7, 11) is 0. The van der Waals surface area contributed by atoms with E-state index in [-0.39, 0.29) is 5.78 Å². The first-order valence-corrected chi connectivity index (χ1v) is 5.85. The van der Waals surface area contributed by atoms with E-state index < -0.39 is 0 Å². The highest BCUT2D eigenvalue weighted by Gasteiger charge is 2.08. The number of ketones is 1. The average molecular weight is 240 g/mol. The fourth-order valence-corrected chi connectivity index (χ4v) is 1.88. The molecule has 0 aliphatic carbocycles. The molecule has 0 bridgehead atoms. The lowest BCUT2D eigenvalue weighted by Gasteiger charge is -2.06. The van der Waals surface area contributed by atoms with Crippen molar-refractivity contribution in [2.24, 2.45) is 0 Å². The van der Waals surface area contributed by atoms with Crippen LogP contribution in [0, 0.1) is 0 Å². The number of nitrogens with two attached hydrogens (primary N) is 2. The highest BCUT2D eigenvalue weighted by Crippen LogP contribution is 2.15. The maximum absolute atomic E-state index is 12.0. The third kappa shape index (κ3) is 2.88. The van der Waals surface area contributed by atoms with Crippen LogP contribution in [0.1, 0.15) is 11.1 Å². The fourth-order valence-electron chi connectivity index (χ4n) is 1.88. The molecule has 2 aromatic rings. The molecule has 92 valence electrons. The number of rotatable bonds is 4. The van der Waals surface area contributed by atoms with Gasteiger partial charge in [-0.2, -0.15) is 0 Å². The van der Waals surface area contributed by atoms with Gasteiger partial charge in [0, 0.05) is 24.2 Å². The second kappa shape index (κ2) is 5.36. The molecule has 4 N–H and O–H groups in total. The van der Waals surface area contributed by atoms with Gasteiger partial charge in [-0.05, 0) is 23.3 Å². The number of hydrogen-bond donors (Lipinski definition) is 2.